The van der Waals surface area contributed by atoms with Crippen molar-refractivity contribution < 1.29 is 20.6 Å². The van der Waals surface area contributed by atoms with E-state index < -0.39 is 18.2 Å². The molecule has 0 amide bonds. The first-order valence-corrected chi connectivity index (χ1v) is 11.2. The van der Waals surface area contributed by atoms with E-state index in [-0.39, 0.29) is 23.2 Å². The Bertz CT molecular complexity index is 987. The molecule has 1 aliphatic carbocycles. The first-order valence-electron chi connectivity index (χ1n) is 12.2. The average molecular weight is 450 g/mol. The fourth-order valence-electron chi connectivity index (χ4n) is 5.23. The Morgan fingerprint density at radius 2 is 1.97 bits per heavy atom. The maximum absolute atomic E-state index is 13.3. The van der Waals surface area contributed by atoms with Crippen LogP contribution in [-0.4, -0.2) is 58.9 Å². The van der Waals surface area contributed by atoms with Crippen LogP contribution in [-0.2, 0) is 10.9 Å². The van der Waals surface area contributed by atoms with Gasteiger partial charge < -0.3 is 15.0 Å². The maximum Gasteiger partial charge on any atom is 0.417 e. The molecule has 32 heavy (non-hydrogen) atoms. The van der Waals surface area contributed by atoms with E-state index in [1.165, 1.54) is 6.07 Å². The fourth-order valence-corrected chi connectivity index (χ4v) is 5.23. The van der Waals surface area contributed by atoms with Gasteiger partial charge in [0, 0.05) is 52.9 Å². The summed E-state index contributed by atoms with van der Waals surface area (Å²) in [6.45, 7) is 1.33. The van der Waals surface area contributed by atoms with Crippen LogP contribution >= 0.6 is 0 Å². The van der Waals surface area contributed by atoms with Crippen molar-refractivity contribution in [1.82, 2.24) is 20.1 Å². The van der Waals surface area contributed by atoms with E-state index in [4.69, 9.17) is 7.48 Å². The van der Waals surface area contributed by atoms with Crippen molar-refractivity contribution in [1.29, 1.82) is 0 Å². The third kappa shape index (κ3) is 4.73. The largest absolute Gasteiger partial charge is 0.417 e. The number of rotatable bonds is 5. The number of ether oxygens (including phenoxy) is 1. The van der Waals surface area contributed by atoms with Crippen LogP contribution in [0, 0.1) is 17.8 Å². The Morgan fingerprint density at radius 3 is 2.62 bits per heavy atom. The van der Waals surface area contributed by atoms with Gasteiger partial charge in [0.25, 0.3) is 0 Å². The minimum Gasteiger partial charge on any atom is -0.381 e. The van der Waals surface area contributed by atoms with E-state index in [2.05, 4.69) is 20.5 Å². The molecule has 2 aliphatic heterocycles. The Morgan fingerprint density at radius 1 is 1.16 bits per heavy atom. The fraction of sp³-hybridized carbons (Fsp3) is 0.609. The molecule has 1 saturated carbocycles. The smallest absolute Gasteiger partial charge is 0.381 e. The van der Waals surface area contributed by atoms with Crippen LogP contribution in [0.15, 0.2) is 30.6 Å². The summed E-state index contributed by atoms with van der Waals surface area (Å²) in [5.74, 6) is 1.27. The van der Waals surface area contributed by atoms with Crippen LogP contribution in [0.3, 0.4) is 0 Å². The molecule has 0 aromatic carbocycles. The normalized spacial score (nSPS) is 30.0. The maximum atomic E-state index is 13.3. The lowest BCUT2D eigenvalue weighted by Crippen LogP contribution is -2.33. The number of anilines is 1. The summed E-state index contributed by atoms with van der Waals surface area (Å²) in [6, 6.07) is 4.30. The molecule has 172 valence electrons. The van der Waals surface area contributed by atoms with Crippen LogP contribution < -0.4 is 5.32 Å². The highest BCUT2D eigenvalue weighted by Crippen LogP contribution is 2.40. The molecule has 2 aromatic heterocycles. The lowest BCUT2D eigenvalue weighted by molar-refractivity contribution is -0.137. The Hall–Kier alpha value is -2.26. The highest BCUT2D eigenvalue weighted by atomic mass is 19.4. The SMILES string of the molecule is [2H]C([2H])([C@@H]1CCCOC1)N1C[C@H]2CC(Nc3ccc(-c4cnccc4C(F)(F)F)nn3)C[C@H]2C1. The minimum atomic E-state index is -4.49. The number of likely N-dealkylation sites (tertiary alicyclic amines) is 1. The van der Waals surface area contributed by atoms with Crippen LogP contribution in [0.2, 0.25) is 0 Å². The van der Waals surface area contributed by atoms with Crippen LogP contribution in [0.5, 0.6) is 0 Å². The number of halogens is 3. The van der Waals surface area contributed by atoms with Crippen molar-refractivity contribution in [2.75, 3.05) is 38.1 Å². The first kappa shape index (κ1) is 19.2. The lowest BCUT2D eigenvalue weighted by Gasteiger charge is -2.27. The second-order valence-corrected chi connectivity index (χ2v) is 9.00. The summed E-state index contributed by atoms with van der Waals surface area (Å²) < 4.78 is 62.7. The van der Waals surface area contributed by atoms with Gasteiger partial charge in [-0.1, -0.05) is 0 Å². The summed E-state index contributed by atoms with van der Waals surface area (Å²) >= 11 is 0. The van der Waals surface area contributed by atoms with E-state index in [9.17, 15) is 13.2 Å². The number of hydrogen-bond acceptors (Lipinski definition) is 6. The van der Waals surface area contributed by atoms with Crippen LogP contribution in [0.25, 0.3) is 11.3 Å². The average Bonchev–Trinajstić information content (AvgIpc) is 3.39. The predicted octanol–water partition coefficient (Wildman–Crippen LogP) is 4.11. The van der Waals surface area contributed by atoms with E-state index in [1.54, 1.807) is 6.07 Å². The van der Waals surface area contributed by atoms with Gasteiger partial charge in [-0.15, -0.1) is 10.2 Å². The predicted molar refractivity (Wildman–Crippen MR) is 114 cm³/mol. The van der Waals surface area contributed by atoms with Gasteiger partial charge in [-0.3, -0.25) is 4.98 Å². The molecule has 2 saturated heterocycles. The molecule has 0 spiro atoms. The lowest BCUT2D eigenvalue weighted by atomic mass is 10.0. The topological polar surface area (TPSA) is 63.2 Å². The third-order valence-electron chi connectivity index (χ3n) is 6.70. The van der Waals surface area contributed by atoms with E-state index in [0.717, 1.165) is 63.8 Å². The molecule has 0 radical (unpaired) electrons. The van der Waals surface area contributed by atoms with Crippen molar-refractivity contribution in [3.8, 4) is 11.3 Å². The molecule has 1 unspecified atom stereocenters. The van der Waals surface area contributed by atoms with Crippen molar-refractivity contribution in [2.24, 2.45) is 17.8 Å². The number of pyridine rings is 1. The Balaban J connectivity index is 1.19. The summed E-state index contributed by atoms with van der Waals surface area (Å²) in [5, 5.41) is 11.5. The second-order valence-electron chi connectivity index (χ2n) is 9.00. The zero-order valence-corrected chi connectivity index (χ0v) is 17.7. The van der Waals surface area contributed by atoms with E-state index in [1.807, 2.05) is 4.90 Å². The first-order chi connectivity index (χ1) is 16.2. The van der Waals surface area contributed by atoms with Gasteiger partial charge >= 0.3 is 6.18 Å². The number of fused-ring (bicyclic) bond motifs is 1. The highest BCUT2D eigenvalue weighted by molar-refractivity contribution is 5.63. The molecule has 4 heterocycles. The Kier molecular flexibility index (Phi) is 5.37. The molecule has 5 rings (SSSR count). The van der Waals surface area contributed by atoms with Gasteiger partial charge in [-0.2, -0.15) is 13.2 Å². The quantitative estimate of drug-likeness (QED) is 0.742. The monoisotopic (exact) mass is 449 g/mol. The van der Waals surface area contributed by atoms with E-state index >= 15 is 0 Å². The van der Waals surface area contributed by atoms with E-state index in [0.29, 0.717) is 24.3 Å². The van der Waals surface area contributed by atoms with Gasteiger partial charge in [-0.05, 0) is 61.6 Å². The van der Waals surface area contributed by atoms with Crippen LogP contribution in [0.1, 0.15) is 34.0 Å². The molecule has 9 heteroatoms. The summed E-state index contributed by atoms with van der Waals surface area (Å²) in [7, 11) is 0. The minimum absolute atomic E-state index is 0.0829. The highest BCUT2D eigenvalue weighted by Gasteiger charge is 2.41. The van der Waals surface area contributed by atoms with Crippen molar-refractivity contribution >= 4 is 5.82 Å². The zero-order valence-electron chi connectivity index (χ0n) is 19.7. The van der Waals surface area contributed by atoms with Gasteiger partial charge in [0.2, 0.25) is 0 Å². The molecular weight excluding hydrogens is 419 g/mol. The zero-order chi connectivity index (χ0) is 23.9. The standard InChI is InChI=1S/C23H28F3N5O/c24-23(25,26)20-5-6-27-10-19(20)21-3-4-22(30-29-21)28-18-8-16-12-31(13-17(16)9-18)11-15-2-1-7-32-14-15/h3-6,10,15-18H,1-2,7-9,11-14H2,(H,28,30)/t15-,16-,17+,18?/m0/s1/i11D2. The van der Waals surface area contributed by atoms with Gasteiger partial charge in [0.15, 0.2) is 0 Å². The molecular formula is C23H28F3N5O. The van der Waals surface area contributed by atoms with Gasteiger partial charge in [0.05, 0.1) is 17.9 Å². The van der Waals surface area contributed by atoms with Crippen molar-refractivity contribution in [3.05, 3.63) is 36.2 Å². The summed E-state index contributed by atoms with van der Waals surface area (Å²) in [4.78, 5) is 5.80. The number of aromatic nitrogens is 3. The van der Waals surface area contributed by atoms with Gasteiger partial charge in [0.1, 0.15) is 5.82 Å². The molecule has 6 nitrogen and oxygen atoms in total. The van der Waals surface area contributed by atoms with Crippen LogP contribution in [0.4, 0.5) is 19.0 Å². The summed E-state index contributed by atoms with van der Waals surface area (Å²) in [6.07, 6.45) is 1.36. The van der Waals surface area contributed by atoms with Crippen molar-refractivity contribution in [2.45, 2.75) is 37.9 Å². The molecule has 0 bridgehead atoms. The molecule has 4 atom stereocenters. The molecule has 3 aliphatic rings. The number of nitrogens with zero attached hydrogens (tertiary/aromatic N) is 4. The number of alkyl halides is 3. The number of nitrogens with one attached hydrogen (secondary N) is 1. The summed E-state index contributed by atoms with van der Waals surface area (Å²) in [5.41, 5.74) is -0.758. The Labute approximate surface area is 188 Å². The second kappa shape index (κ2) is 8.94. The molecule has 2 aromatic rings. The van der Waals surface area contributed by atoms with Crippen molar-refractivity contribution in [3.63, 3.8) is 0 Å². The number of hydrogen-bond donors (Lipinski definition) is 1. The molecule has 1 N–H and O–H groups in total. The third-order valence-corrected chi connectivity index (χ3v) is 6.70. The van der Waals surface area contributed by atoms with Gasteiger partial charge in [-0.25, -0.2) is 0 Å². The molecule has 3 fully saturated rings.